The molecule has 2 aromatic carbocycles. The number of nitrogens with two attached hydrogens (primary N) is 1. The van der Waals surface area contributed by atoms with E-state index in [1.807, 2.05) is 36.4 Å². The first-order valence-corrected chi connectivity index (χ1v) is 5.11. The van der Waals surface area contributed by atoms with Crippen LogP contribution < -0.4 is 15.2 Å². The van der Waals surface area contributed by atoms with Crippen molar-refractivity contribution in [3.8, 4) is 11.5 Å². The van der Waals surface area contributed by atoms with Crippen molar-refractivity contribution >= 4 is 5.69 Å². The van der Waals surface area contributed by atoms with Crippen molar-refractivity contribution in [1.82, 2.24) is 0 Å². The minimum absolute atomic E-state index is 0.363. The molecule has 3 nitrogen and oxygen atoms in total. The largest absolute Gasteiger partial charge is 0.447 e. The summed E-state index contributed by atoms with van der Waals surface area (Å²) in [6.45, 7) is 0. The summed E-state index contributed by atoms with van der Waals surface area (Å²) in [6.07, 6.45) is -0.363. The number of nitrogen functional groups attached to an aromatic ring is 1. The molecule has 1 aliphatic rings. The zero-order valence-electron chi connectivity index (χ0n) is 8.59. The van der Waals surface area contributed by atoms with Crippen molar-refractivity contribution in [1.29, 1.82) is 0 Å². The van der Waals surface area contributed by atoms with Crippen LogP contribution in [0, 0.1) is 0 Å². The van der Waals surface area contributed by atoms with Crippen LogP contribution in [0.25, 0.3) is 0 Å². The van der Waals surface area contributed by atoms with Crippen molar-refractivity contribution < 1.29 is 9.47 Å². The second-order valence-electron chi connectivity index (χ2n) is 3.68. The molecular formula is C13H11NO2. The molecule has 0 aliphatic carbocycles. The van der Waals surface area contributed by atoms with Gasteiger partial charge in [0, 0.05) is 17.3 Å². The number of anilines is 1. The van der Waals surface area contributed by atoms with E-state index in [1.165, 1.54) is 0 Å². The second-order valence-corrected chi connectivity index (χ2v) is 3.68. The molecule has 0 radical (unpaired) electrons. The number of ether oxygens (including phenoxy) is 2. The van der Waals surface area contributed by atoms with Gasteiger partial charge in [-0.05, 0) is 12.1 Å². The third-order valence-corrected chi connectivity index (χ3v) is 2.51. The summed E-state index contributed by atoms with van der Waals surface area (Å²) in [7, 11) is 0. The van der Waals surface area contributed by atoms with Crippen LogP contribution in [0.15, 0.2) is 48.5 Å². The molecule has 1 aliphatic heterocycles. The summed E-state index contributed by atoms with van der Waals surface area (Å²) in [6, 6.07) is 15.2. The molecule has 0 aromatic heterocycles. The molecule has 1 unspecified atom stereocenters. The maximum absolute atomic E-state index is 5.68. The van der Waals surface area contributed by atoms with E-state index in [9.17, 15) is 0 Å². The van der Waals surface area contributed by atoms with E-state index in [-0.39, 0.29) is 6.29 Å². The van der Waals surface area contributed by atoms with Crippen molar-refractivity contribution in [2.24, 2.45) is 0 Å². The lowest BCUT2D eigenvalue weighted by Gasteiger charge is -2.09. The molecule has 0 bridgehead atoms. The van der Waals surface area contributed by atoms with Crippen molar-refractivity contribution in [2.45, 2.75) is 6.29 Å². The number of rotatable bonds is 1. The molecule has 2 aromatic rings. The van der Waals surface area contributed by atoms with Gasteiger partial charge in [0.1, 0.15) is 0 Å². The van der Waals surface area contributed by atoms with Gasteiger partial charge in [-0.25, -0.2) is 0 Å². The minimum atomic E-state index is -0.363. The summed E-state index contributed by atoms with van der Waals surface area (Å²) in [4.78, 5) is 0. The predicted molar refractivity (Wildman–Crippen MR) is 61.3 cm³/mol. The molecule has 0 saturated carbocycles. The fourth-order valence-electron chi connectivity index (χ4n) is 1.72. The van der Waals surface area contributed by atoms with Crippen LogP contribution in [-0.4, -0.2) is 0 Å². The number of hydrogen-bond acceptors (Lipinski definition) is 3. The van der Waals surface area contributed by atoms with Crippen molar-refractivity contribution in [3.05, 3.63) is 54.1 Å². The molecule has 3 heteroatoms. The highest BCUT2D eigenvalue weighted by atomic mass is 16.7. The average molecular weight is 213 g/mol. The summed E-state index contributed by atoms with van der Waals surface area (Å²) in [5.41, 5.74) is 7.35. The summed E-state index contributed by atoms with van der Waals surface area (Å²) < 4.78 is 11.3. The molecule has 1 atom stereocenters. The van der Waals surface area contributed by atoms with E-state index < -0.39 is 0 Å². The fourth-order valence-corrected chi connectivity index (χ4v) is 1.72. The summed E-state index contributed by atoms with van der Waals surface area (Å²) >= 11 is 0. The average Bonchev–Trinajstić information content (AvgIpc) is 2.73. The van der Waals surface area contributed by atoms with Gasteiger partial charge in [0.2, 0.25) is 0 Å². The highest BCUT2D eigenvalue weighted by molar-refractivity contribution is 5.53. The number of benzene rings is 2. The quantitative estimate of drug-likeness (QED) is 0.741. The Hall–Kier alpha value is -2.16. The fraction of sp³-hybridized carbons (Fsp3) is 0.0769. The van der Waals surface area contributed by atoms with Gasteiger partial charge >= 0.3 is 0 Å². The lowest BCUT2D eigenvalue weighted by molar-refractivity contribution is 0.0487. The molecule has 0 saturated heterocycles. The zero-order valence-corrected chi connectivity index (χ0v) is 8.59. The normalized spacial score (nSPS) is 17.4. The Morgan fingerprint density at radius 2 is 1.62 bits per heavy atom. The van der Waals surface area contributed by atoms with Crippen molar-refractivity contribution in [2.75, 3.05) is 5.73 Å². The molecule has 1 heterocycles. The van der Waals surface area contributed by atoms with E-state index in [0.29, 0.717) is 11.4 Å². The second kappa shape index (κ2) is 3.45. The highest BCUT2D eigenvalue weighted by Gasteiger charge is 2.25. The molecular weight excluding hydrogens is 202 g/mol. The van der Waals surface area contributed by atoms with Crippen LogP contribution in [0.3, 0.4) is 0 Å². The Morgan fingerprint density at radius 3 is 2.44 bits per heavy atom. The van der Waals surface area contributed by atoms with Gasteiger partial charge < -0.3 is 15.2 Å². The highest BCUT2D eigenvalue weighted by Crippen LogP contribution is 2.41. The molecule has 2 N–H and O–H groups in total. The summed E-state index contributed by atoms with van der Waals surface area (Å²) in [5.74, 6) is 1.44. The van der Waals surface area contributed by atoms with E-state index in [4.69, 9.17) is 15.2 Å². The van der Waals surface area contributed by atoms with Crippen LogP contribution in [0.2, 0.25) is 0 Å². The zero-order chi connectivity index (χ0) is 11.0. The van der Waals surface area contributed by atoms with Gasteiger partial charge in [0.25, 0.3) is 6.29 Å². The van der Waals surface area contributed by atoms with Gasteiger partial charge in [0.05, 0.1) is 0 Å². The Balaban J connectivity index is 1.91. The SMILES string of the molecule is Nc1ccc2c(c1)OC(c1ccccc1)O2. The van der Waals surface area contributed by atoms with Crippen LogP contribution in [0.5, 0.6) is 11.5 Å². The first-order valence-electron chi connectivity index (χ1n) is 5.11. The Labute approximate surface area is 93.4 Å². The Bertz CT molecular complexity index is 511. The number of fused-ring (bicyclic) bond motifs is 1. The smallest absolute Gasteiger partial charge is 0.267 e. The van der Waals surface area contributed by atoms with E-state index in [1.54, 1.807) is 12.1 Å². The van der Waals surface area contributed by atoms with Gasteiger partial charge in [-0.1, -0.05) is 30.3 Å². The first-order chi connectivity index (χ1) is 7.83. The minimum Gasteiger partial charge on any atom is -0.447 e. The predicted octanol–water partition coefficient (Wildman–Crippen LogP) is 2.74. The van der Waals surface area contributed by atoms with Gasteiger partial charge in [-0.2, -0.15) is 0 Å². The van der Waals surface area contributed by atoms with Crippen LogP contribution >= 0.6 is 0 Å². The molecule has 0 amide bonds. The van der Waals surface area contributed by atoms with Crippen LogP contribution in [-0.2, 0) is 0 Å². The van der Waals surface area contributed by atoms with Gasteiger partial charge in [-0.15, -0.1) is 0 Å². The third kappa shape index (κ3) is 1.46. The standard InChI is InChI=1S/C13H11NO2/c14-10-6-7-11-12(8-10)16-13(15-11)9-4-2-1-3-5-9/h1-8,13H,14H2. The Kier molecular flexibility index (Phi) is 1.96. The monoisotopic (exact) mass is 213 g/mol. The number of hydrogen-bond donors (Lipinski definition) is 1. The first kappa shape index (κ1) is 9.09. The van der Waals surface area contributed by atoms with E-state index in [0.717, 1.165) is 11.3 Å². The van der Waals surface area contributed by atoms with E-state index in [2.05, 4.69) is 0 Å². The maximum atomic E-state index is 5.68. The maximum Gasteiger partial charge on any atom is 0.267 e. The topological polar surface area (TPSA) is 44.5 Å². The Morgan fingerprint density at radius 1 is 0.875 bits per heavy atom. The molecule has 0 spiro atoms. The van der Waals surface area contributed by atoms with Crippen molar-refractivity contribution in [3.63, 3.8) is 0 Å². The molecule has 16 heavy (non-hydrogen) atoms. The van der Waals surface area contributed by atoms with Gasteiger partial charge in [-0.3, -0.25) is 0 Å². The molecule has 0 fully saturated rings. The third-order valence-electron chi connectivity index (χ3n) is 2.51. The summed E-state index contributed by atoms with van der Waals surface area (Å²) in [5, 5.41) is 0. The lowest BCUT2D eigenvalue weighted by Crippen LogP contribution is -2.07. The van der Waals surface area contributed by atoms with E-state index >= 15 is 0 Å². The van der Waals surface area contributed by atoms with Crippen LogP contribution in [0.1, 0.15) is 11.9 Å². The molecule has 3 rings (SSSR count). The lowest BCUT2D eigenvalue weighted by atomic mass is 10.2. The van der Waals surface area contributed by atoms with Gasteiger partial charge in [0.15, 0.2) is 11.5 Å². The van der Waals surface area contributed by atoms with Crippen LogP contribution in [0.4, 0.5) is 5.69 Å². The molecule has 80 valence electrons.